The molecule has 18 heavy (non-hydrogen) atoms. The van der Waals surface area contributed by atoms with Crippen molar-refractivity contribution in [2.75, 3.05) is 6.54 Å². The predicted octanol–water partition coefficient (Wildman–Crippen LogP) is 2.80. The standard InChI is InChI=1S/C14H20ClN3/c1-3-16-14(18-13-8-10(13)2)17-9-11-6-4-5-7-12(11)15/h4-7,10,13H,3,8-9H2,1-2H3,(H2,16,17,18). The predicted molar refractivity (Wildman–Crippen MR) is 77.0 cm³/mol. The van der Waals surface area contributed by atoms with Gasteiger partial charge in [-0.25, -0.2) is 4.99 Å². The van der Waals surface area contributed by atoms with Gasteiger partial charge in [0.25, 0.3) is 0 Å². The fraction of sp³-hybridized carbons (Fsp3) is 0.500. The van der Waals surface area contributed by atoms with Crippen molar-refractivity contribution in [2.24, 2.45) is 10.9 Å². The van der Waals surface area contributed by atoms with E-state index < -0.39 is 0 Å². The Labute approximate surface area is 114 Å². The van der Waals surface area contributed by atoms with Crippen LogP contribution in [0.4, 0.5) is 0 Å². The first-order valence-corrected chi connectivity index (χ1v) is 6.86. The third-order valence-corrected chi connectivity index (χ3v) is 3.51. The molecule has 1 aliphatic carbocycles. The van der Waals surface area contributed by atoms with Crippen LogP contribution in [0.2, 0.25) is 5.02 Å². The summed E-state index contributed by atoms with van der Waals surface area (Å²) in [6, 6.07) is 8.41. The molecule has 1 aliphatic rings. The maximum Gasteiger partial charge on any atom is 0.191 e. The zero-order valence-corrected chi connectivity index (χ0v) is 11.7. The SMILES string of the molecule is CCNC(=NCc1ccccc1Cl)NC1CC1C. The molecular weight excluding hydrogens is 246 g/mol. The zero-order valence-electron chi connectivity index (χ0n) is 10.9. The van der Waals surface area contributed by atoms with Crippen LogP contribution in [0, 0.1) is 5.92 Å². The maximum atomic E-state index is 6.12. The number of aliphatic imine (C=N–C) groups is 1. The van der Waals surface area contributed by atoms with Crippen molar-refractivity contribution in [3.05, 3.63) is 34.9 Å². The summed E-state index contributed by atoms with van der Waals surface area (Å²) in [5, 5.41) is 7.46. The lowest BCUT2D eigenvalue weighted by atomic mass is 10.2. The quantitative estimate of drug-likeness (QED) is 0.649. The van der Waals surface area contributed by atoms with Crippen LogP contribution in [-0.2, 0) is 6.54 Å². The van der Waals surface area contributed by atoms with E-state index in [0.717, 1.165) is 29.0 Å². The van der Waals surface area contributed by atoms with Gasteiger partial charge < -0.3 is 10.6 Å². The van der Waals surface area contributed by atoms with E-state index in [-0.39, 0.29) is 0 Å². The molecular formula is C14H20ClN3. The molecule has 0 bridgehead atoms. The summed E-state index contributed by atoms with van der Waals surface area (Å²) in [7, 11) is 0. The average Bonchev–Trinajstić information content (AvgIpc) is 3.04. The highest BCUT2D eigenvalue weighted by Crippen LogP contribution is 2.28. The van der Waals surface area contributed by atoms with Gasteiger partial charge in [0.1, 0.15) is 0 Å². The molecule has 4 heteroatoms. The van der Waals surface area contributed by atoms with Crippen LogP contribution in [0.1, 0.15) is 25.8 Å². The Bertz CT molecular complexity index is 431. The second-order valence-corrected chi connectivity index (χ2v) is 5.16. The molecule has 0 saturated heterocycles. The summed E-state index contributed by atoms with van der Waals surface area (Å²) in [4.78, 5) is 4.57. The molecule has 0 amide bonds. The smallest absolute Gasteiger partial charge is 0.191 e. The van der Waals surface area contributed by atoms with E-state index in [1.165, 1.54) is 6.42 Å². The molecule has 0 radical (unpaired) electrons. The summed E-state index contributed by atoms with van der Waals surface area (Å²) >= 11 is 6.12. The minimum absolute atomic E-state index is 0.578. The molecule has 1 fully saturated rings. The normalized spacial score (nSPS) is 22.7. The first-order chi connectivity index (χ1) is 8.70. The molecule has 1 saturated carbocycles. The van der Waals surface area contributed by atoms with Gasteiger partial charge in [-0.2, -0.15) is 0 Å². The Morgan fingerprint density at radius 2 is 2.17 bits per heavy atom. The van der Waals surface area contributed by atoms with E-state index in [4.69, 9.17) is 11.6 Å². The molecule has 2 atom stereocenters. The van der Waals surface area contributed by atoms with Gasteiger partial charge in [-0.15, -0.1) is 0 Å². The van der Waals surface area contributed by atoms with E-state index in [1.54, 1.807) is 0 Å². The fourth-order valence-corrected chi connectivity index (χ4v) is 2.01. The lowest BCUT2D eigenvalue weighted by molar-refractivity contribution is 0.766. The third kappa shape index (κ3) is 3.64. The monoisotopic (exact) mass is 265 g/mol. The summed E-state index contributed by atoms with van der Waals surface area (Å²) < 4.78 is 0. The molecule has 0 aliphatic heterocycles. The number of halogens is 1. The Kier molecular flexibility index (Phi) is 4.48. The minimum Gasteiger partial charge on any atom is -0.357 e. The van der Waals surface area contributed by atoms with Gasteiger partial charge in [0.15, 0.2) is 5.96 Å². The highest BCUT2D eigenvalue weighted by Gasteiger charge is 2.33. The molecule has 1 aromatic carbocycles. The lowest BCUT2D eigenvalue weighted by Gasteiger charge is -2.11. The Morgan fingerprint density at radius 3 is 2.78 bits per heavy atom. The van der Waals surface area contributed by atoms with Crippen molar-refractivity contribution in [3.63, 3.8) is 0 Å². The summed E-state index contributed by atoms with van der Waals surface area (Å²) in [6.07, 6.45) is 1.23. The van der Waals surface area contributed by atoms with Crippen LogP contribution >= 0.6 is 11.6 Å². The van der Waals surface area contributed by atoms with Gasteiger partial charge in [0.05, 0.1) is 6.54 Å². The molecule has 2 N–H and O–H groups in total. The minimum atomic E-state index is 0.578. The van der Waals surface area contributed by atoms with Crippen molar-refractivity contribution in [2.45, 2.75) is 32.9 Å². The van der Waals surface area contributed by atoms with Gasteiger partial charge >= 0.3 is 0 Å². The molecule has 0 aromatic heterocycles. The highest BCUT2D eigenvalue weighted by molar-refractivity contribution is 6.31. The van der Waals surface area contributed by atoms with E-state index in [0.29, 0.717) is 12.6 Å². The number of hydrogen-bond acceptors (Lipinski definition) is 1. The number of nitrogens with one attached hydrogen (secondary N) is 2. The molecule has 0 spiro atoms. The van der Waals surface area contributed by atoms with E-state index in [1.807, 2.05) is 24.3 Å². The first kappa shape index (κ1) is 13.2. The van der Waals surface area contributed by atoms with E-state index >= 15 is 0 Å². The summed E-state index contributed by atoms with van der Waals surface area (Å²) in [5.41, 5.74) is 1.06. The van der Waals surface area contributed by atoms with Gasteiger partial charge in [-0.05, 0) is 30.9 Å². The van der Waals surface area contributed by atoms with Crippen LogP contribution in [0.15, 0.2) is 29.3 Å². The van der Waals surface area contributed by atoms with Crippen molar-refractivity contribution >= 4 is 17.6 Å². The van der Waals surface area contributed by atoms with Gasteiger partial charge in [0, 0.05) is 17.6 Å². The van der Waals surface area contributed by atoms with Gasteiger partial charge in [-0.3, -0.25) is 0 Å². The third-order valence-electron chi connectivity index (χ3n) is 3.14. The number of hydrogen-bond donors (Lipinski definition) is 2. The second kappa shape index (κ2) is 6.10. The van der Waals surface area contributed by atoms with Gasteiger partial charge in [0.2, 0.25) is 0 Å². The maximum absolute atomic E-state index is 6.12. The van der Waals surface area contributed by atoms with Gasteiger partial charge in [-0.1, -0.05) is 36.7 Å². The number of benzene rings is 1. The Morgan fingerprint density at radius 1 is 1.44 bits per heavy atom. The first-order valence-electron chi connectivity index (χ1n) is 6.49. The number of nitrogens with zero attached hydrogens (tertiary/aromatic N) is 1. The van der Waals surface area contributed by atoms with Crippen LogP contribution in [-0.4, -0.2) is 18.5 Å². The van der Waals surface area contributed by atoms with Crippen LogP contribution < -0.4 is 10.6 Å². The van der Waals surface area contributed by atoms with E-state index in [9.17, 15) is 0 Å². The number of rotatable bonds is 4. The molecule has 2 unspecified atom stereocenters. The summed E-state index contributed by atoms with van der Waals surface area (Å²) in [6.45, 7) is 5.80. The largest absolute Gasteiger partial charge is 0.357 e. The Balaban J connectivity index is 1.97. The van der Waals surface area contributed by atoms with Crippen LogP contribution in [0.25, 0.3) is 0 Å². The summed E-state index contributed by atoms with van der Waals surface area (Å²) in [5.74, 6) is 1.64. The highest BCUT2D eigenvalue weighted by atomic mass is 35.5. The molecule has 1 aromatic rings. The average molecular weight is 266 g/mol. The van der Waals surface area contributed by atoms with Crippen molar-refractivity contribution in [1.29, 1.82) is 0 Å². The Hall–Kier alpha value is -1.22. The van der Waals surface area contributed by atoms with Crippen molar-refractivity contribution in [1.82, 2.24) is 10.6 Å². The molecule has 98 valence electrons. The van der Waals surface area contributed by atoms with E-state index in [2.05, 4.69) is 29.5 Å². The van der Waals surface area contributed by atoms with Crippen LogP contribution in [0.5, 0.6) is 0 Å². The zero-order chi connectivity index (χ0) is 13.0. The molecule has 2 rings (SSSR count). The van der Waals surface area contributed by atoms with Crippen molar-refractivity contribution < 1.29 is 0 Å². The fourth-order valence-electron chi connectivity index (χ4n) is 1.81. The van der Waals surface area contributed by atoms with Crippen molar-refractivity contribution in [3.8, 4) is 0 Å². The van der Waals surface area contributed by atoms with Crippen LogP contribution in [0.3, 0.4) is 0 Å². The molecule has 0 heterocycles. The lowest BCUT2D eigenvalue weighted by Crippen LogP contribution is -2.39. The molecule has 3 nitrogen and oxygen atoms in total. The second-order valence-electron chi connectivity index (χ2n) is 4.75. The number of guanidine groups is 1. The topological polar surface area (TPSA) is 36.4 Å².